The van der Waals surface area contributed by atoms with Crippen molar-refractivity contribution < 1.29 is 4.79 Å². The van der Waals surface area contributed by atoms with Crippen LogP contribution in [0.2, 0.25) is 0 Å². The molecule has 0 saturated carbocycles. The molecule has 3 heteroatoms. The average molecular weight is 240 g/mol. The first-order valence-electron chi connectivity index (χ1n) is 6.93. The van der Waals surface area contributed by atoms with Crippen molar-refractivity contribution in [3.8, 4) is 0 Å². The third kappa shape index (κ3) is 3.44. The molecule has 2 atom stereocenters. The van der Waals surface area contributed by atoms with E-state index in [1.807, 2.05) is 11.9 Å². The van der Waals surface area contributed by atoms with Gasteiger partial charge in [0.1, 0.15) is 0 Å². The zero-order valence-corrected chi connectivity index (χ0v) is 12.0. The first-order valence-corrected chi connectivity index (χ1v) is 6.93. The highest BCUT2D eigenvalue weighted by atomic mass is 16.2. The van der Waals surface area contributed by atoms with Crippen molar-refractivity contribution >= 4 is 5.91 Å². The second-order valence-electron chi connectivity index (χ2n) is 5.87. The summed E-state index contributed by atoms with van der Waals surface area (Å²) < 4.78 is 0. The number of hydrogen-bond donors (Lipinski definition) is 1. The molecule has 17 heavy (non-hydrogen) atoms. The second-order valence-corrected chi connectivity index (χ2v) is 5.87. The summed E-state index contributed by atoms with van der Waals surface area (Å²) in [6.07, 6.45) is 4.38. The first-order chi connectivity index (χ1) is 7.92. The monoisotopic (exact) mass is 240 g/mol. The van der Waals surface area contributed by atoms with E-state index in [1.54, 1.807) is 0 Å². The lowest BCUT2D eigenvalue weighted by molar-refractivity contribution is -0.138. The van der Waals surface area contributed by atoms with Crippen LogP contribution in [0.5, 0.6) is 0 Å². The van der Waals surface area contributed by atoms with Crippen molar-refractivity contribution in [2.24, 2.45) is 5.92 Å². The zero-order chi connectivity index (χ0) is 13.1. The summed E-state index contributed by atoms with van der Waals surface area (Å²) in [5, 5.41) is 3.37. The summed E-state index contributed by atoms with van der Waals surface area (Å²) in [7, 11) is 1.93. The molecule has 0 spiro atoms. The molecular weight excluding hydrogens is 212 g/mol. The topological polar surface area (TPSA) is 32.3 Å². The van der Waals surface area contributed by atoms with Gasteiger partial charge in [0.05, 0.1) is 6.04 Å². The molecule has 0 aromatic heterocycles. The summed E-state index contributed by atoms with van der Waals surface area (Å²) in [6, 6.07) is 0.0320. The zero-order valence-electron chi connectivity index (χ0n) is 12.0. The Morgan fingerprint density at radius 3 is 2.59 bits per heavy atom. The average Bonchev–Trinajstić information content (AvgIpc) is 2.37. The lowest BCUT2D eigenvalue weighted by Gasteiger charge is -2.39. The van der Waals surface area contributed by atoms with E-state index >= 15 is 0 Å². The van der Waals surface area contributed by atoms with E-state index in [2.05, 4.69) is 33.0 Å². The number of rotatable bonds is 4. The molecule has 1 aliphatic heterocycles. The summed E-state index contributed by atoms with van der Waals surface area (Å²) in [5.74, 6) is 0.971. The quantitative estimate of drug-likeness (QED) is 0.818. The molecule has 100 valence electrons. The molecule has 1 aliphatic rings. The Bertz CT molecular complexity index is 263. The summed E-state index contributed by atoms with van der Waals surface area (Å²) in [4.78, 5) is 14.3. The maximum Gasteiger partial charge on any atom is 0.239 e. The Hall–Kier alpha value is -0.570. The van der Waals surface area contributed by atoms with Crippen molar-refractivity contribution in [2.75, 3.05) is 13.6 Å². The standard InChI is InChI=1S/C14H28N2O/c1-6-11-8-9-15-12(10-11)13(17)16(5)14(3,4)7-2/h11-12,15H,6-10H2,1-5H3. The van der Waals surface area contributed by atoms with E-state index in [0.29, 0.717) is 5.92 Å². The molecule has 1 rings (SSSR count). The fraction of sp³-hybridized carbons (Fsp3) is 0.929. The van der Waals surface area contributed by atoms with Gasteiger partial charge >= 0.3 is 0 Å². The van der Waals surface area contributed by atoms with E-state index in [-0.39, 0.29) is 17.5 Å². The van der Waals surface area contributed by atoms with Crippen molar-refractivity contribution in [3.63, 3.8) is 0 Å². The number of nitrogens with one attached hydrogen (secondary N) is 1. The van der Waals surface area contributed by atoms with Gasteiger partial charge in [-0.15, -0.1) is 0 Å². The normalized spacial score (nSPS) is 25.7. The molecule has 2 unspecified atom stereocenters. The van der Waals surface area contributed by atoms with Crippen LogP contribution in [0.25, 0.3) is 0 Å². The number of carbonyl (C=O) groups excluding carboxylic acids is 1. The number of hydrogen-bond acceptors (Lipinski definition) is 2. The molecule has 1 saturated heterocycles. The fourth-order valence-electron chi connectivity index (χ4n) is 2.32. The Morgan fingerprint density at radius 2 is 2.06 bits per heavy atom. The van der Waals surface area contributed by atoms with Crippen LogP contribution in [0.3, 0.4) is 0 Å². The van der Waals surface area contributed by atoms with E-state index < -0.39 is 0 Å². The van der Waals surface area contributed by atoms with Gasteiger partial charge in [-0.3, -0.25) is 4.79 Å². The highest BCUT2D eigenvalue weighted by molar-refractivity contribution is 5.82. The van der Waals surface area contributed by atoms with Crippen molar-refractivity contribution in [3.05, 3.63) is 0 Å². The summed E-state index contributed by atoms with van der Waals surface area (Å²) in [5.41, 5.74) is -0.0437. The molecule has 0 bridgehead atoms. The van der Waals surface area contributed by atoms with Crippen LogP contribution in [0.4, 0.5) is 0 Å². The minimum absolute atomic E-state index is 0.0320. The lowest BCUT2D eigenvalue weighted by atomic mass is 9.89. The minimum Gasteiger partial charge on any atom is -0.339 e. The van der Waals surface area contributed by atoms with E-state index in [1.165, 1.54) is 12.8 Å². The number of carbonyl (C=O) groups is 1. The van der Waals surface area contributed by atoms with Crippen LogP contribution < -0.4 is 5.32 Å². The van der Waals surface area contributed by atoms with Crippen LogP contribution in [-0.2, 0) is 4.79 Å². The SMILES string of the molecule is CCC1CCNC(C(=O)N(C)C(C)(C)CC)C1. The molecule has 1 N–H and O–H groups in total. The predicted octanol–water partition coefficient (Wildman–Crippen LogP) is 2.41. The van der Waals surface area contributed by atoms with Gasteiger partial charge in [0.25, 0.3) is 0 Å². The molecular formula is C14H28N2O. The Labute approximate surface area is 106 Å². The van der Waals surface area contributed by atoms with Crippen LogP contribution in [0.1, 0.15) is 53.4 Å². The summed E-state index contributed by atoms with van der Waals surface area (Å²) >= 11 is 0. The first kappa shape index (κ1) is 14.5. The number of amides is 1. The van der Waals surface area contributed by atoms with Gasteiger partial charge < -0.3 is 10.2 Å². The largest absolute Gasteiger partial charge is 0.339 e. The van der Waals surface area contributed by atoms with E-state index in [4.69, 9.17) is 0 Å². The molecule has 1 fully saturated rings. The van der Waals surface area contributed by atoms with Crippen molar-refractivity contribution in [1.82, 2.24) is 10.2 Å². The Balaban J connectivity index is 2.63. The molecule has 0 radical (unpaired) electrons. The fourth-order valence-corrected chi connectivity index (χ4v) is 2.32. The van der Waals surface area contributed by atoms with Crippen molar-refractivity contribution in [2.45, 2.75) is 65.0 Å². The predicted molar refractivity (Wildman–Crippen MR) is 71.9 cm³/mol. The van der Waals surface area contributed by atoms with Crippen LogP contribution >= 0.6 is 0 Å². The van der Waals surface area contributed by atoms with Crippen molar-refractivity contribution in [1.29, 1.82) is 0 Å². The van der Waals surface area contributed by atoms with Crippen LogP contribution in [-0.4, -0.2) is 36.0 Å². The Kier molecular flexibility index (Phi) is 4.99. The maximum atomic E-state index is 12.4. The van der Waals surface area contributed by atoms with E-state index in [9.17, 15) is 4.79 Å². The maximum absolute atomic E-state index is 12.4. The smallest absolute Gasteiger partial charge is 0.239 e. The summed E-state index contributed by atoms with van der Waals surface area (Å²) in [6.45, 7) is 9.59. The van der Waals surface area contributed by atoms with Gasteiger partial charge in [0.2, 0.25) is 5.91 Å². The Morgan fingerprint density at radius 1 is 1.41 bits per heavy atom. The number of piperidine rings is 1. The molecule has 0 aromatic carbocycles. The third-order valence-electron chi connectivity index (χ3n) is 4.49. The van der Waals surface area contributed by atoms with Gasteiger partial charge in [-0.25, -0.2) is 0 Å². The van der Waals surface area contributed by atoms with Gasteiger partial charge in [0.15, 0.2) is 0 Å². The molecule has 0 aliphatic carbocycles. The van der Waals surface area contributed by atoms with Crippen LogP contribution in [0, 0.1) is 5.92 Å². The molecule has 1 heterocycles. The minimum atomic E-state index is -0.0437. The van der Waals surface area contributed by atoms with Gasteiger partial charge in [0, 0.05) is 12.6 Å². The highest BCUT2D eigenvalue weighted by Gasteiger charge is 2.33. The number of likely N-dealkylation sites (N-methyl/N-ethyl adjacent to an activating group) is 1. The van der Waals surface area contributed by atoms with E-state index in [0.717, 1.165) is 19.4 Å². The van der Waals surface area contributed by atoms with Gasteiger partial charge in [-0.2, -0.15) is 0 Å². The third-order valence-corrected chi connectivity index (χ3v) is 4.49. The lowest BCUT2D eigenvalue weighted by Crippen LogP contribution is -2.54. The van der Waals surface area contributed by atoms with Crippen LogP contribution in [0.15, 0.2) is 0 Å². The van der Waals surface area contributed by atoms with Gasteiger partial charge in [-0.05, 0) is 45.6 Å². The number of nitrogens with zero attached hydrogens (tertiary/aromatic N) is 1. The molecule has 3 nitrogen and oxygen atoms in total. The molecule has 0 aromatic rings. The second kappa shape index (κ2) is 5.85. The highest BCUT2D eigenvalue weighted by Crippen LogP contribution is 2.23. The molecule has 1 amide bonds. The van der Waals surface area contributed by atoms with Gasteiger partial charge in [-0.1, -0.05) is 20.3 Å².